The molecule has 0 spiro atoms. The number of rotatable bonds is 1. The van der Waals surface area contributed by atoms with Gasteiger partial charge < -0.3 is 9.47 Å². The molecule has 0 aromatic heterocycles. The van der Waals surface area contributed by atoms with E-state index in [1.54, 1.807) is 0 Å². The van der Waals surface area contributed by atoms with Gasteiger partial charge in [-0.15, -0.1) is 0 Å². The van der Waals surface area contributed by atoms with E-state index in [2.05, 4.69) is 18.2 Å². The minimum atomic E-state index is 0.359. The van der Waals surface area contributed by atoms with Gasteiger partial charge in [-0.3, -0.25) is 0 Å². The number of allylic oxidation sites excluding steroid dienone is 2. The summed E-state index contributed by atoms with van der Waals surface area (Å²) in [5.41, 5.74) is 2.79. The third-order valence-corrected chi connectivity index (χ3v) is 3.78. The third kappa shape index (κ3) is 2.53. The molecule has 0 fully saturated rings. The topological polar surface area (TPSA) is 18.5 Å². The van der Waals surface area contributed by atoms with Crippen LogP contribution in [-0.4, -0.2) is 6.79 Å². The molecule has 1 heterocycles. The van der Waals surface area contributed by atoms with Crippen LogP contribution in [-0.2, 0) is 0 Å². The van der Waals surface area contributed by atoms with E-state index in [-0.39, 0.29) is 0 Å². The molecule has 1 aliphatic carbocycles. The molecule has 2 nitrogen and oxygen atoms in total. The van der Waals surface area contributed by atoms with Crippen molar-refractivity contribution in [2.24, 2.45) is 0 Å². The Labute approximate surface area is 109 Å². The first-order chi connectivity index (χ1) is 8.93. The molecule has 1 aromatic rings. The summed E-state index contributed by atoms with van der Waals surface area (Å²) in [6.07, 6.45) is 11.6. The highest BCUT2D eigenvalue weighted by Gasteiger charge is 2.14. The molecule has 18 heavy (non-hydrogen) atoms. The largest absolute Gasteiger partial charge is 0.454 e. The average Bonchev–Trinajstić information content (AvgIpc) is 2.90. The van der Waals surface area contributed by atoms with Gasteiger partial charge in [0.05, 0.1) is 0 Å². The minimum Gasteiger partial charge on any atom is -0.454 e. The molecule has 96 valence electrons. The molecule has 0 amide bonds. The summed E-state index contributed by atoms with van der Waals surface area (Å²) in [6.45, 7) is 0.359. The zero-order valence-corrected chi connectivity index (χ0v) is 10.8. The Hall–Kier alpha value is -1.44. The van der Waals surface area contributed by atoms with E-state index in [1.165, 1.54) is 56.1 Å². The first kappa shape index (κ1) is 11.6. The van der Waals surface area contributed by atoms with E-state index < -0.39 is 0 Å². The fourth-order valence-electron chi connectivity index (χ4n) is 2.73. The Kier molecular flexibility index (Phi) is 3.54. The van der Waals surface area contributed by atoms with Crippen LogP contribution in [0.15, 0.2) is 24.3 Å². The Morgan fingerprint density at radius 1 is 0.833 bits per heavy atom. The summed E-state index contributed by atoms with van der Waals surface area (Å²) >= 11 is 0. The SMILES string of the molecule is C1=C(/c2ccc3c(c2)OCO3)CCCCCCC/1. The molecule has 2 heteroatoms. The monoisotopic (exact) mass is 244 g/mol. The predicted molar refractivity (Wildman–Crippen MR) is 72.9 cm³/mol. The lowest BCUT2D eigenvalue weighted by atomic mass is 9.99. The second-order valence-electron chi connectivity index (χ2n) is 5.10. The van der Waals surface area contributed by atoms with Crippen molar-refractivity contribution in [1.29, 1.82) is 0 Å². The molecule has 2 aliphatic rings. The molecule has 0 atom stereocenters. The van der Waals surface area contributed by atoms with Crippen LogP contribution in [0.2, 0.25) is 0 Å². The van der Waals surface area contributed by atoms with Crippen molar-refractivity contribution >= 4 is 5.57 Å². The van der Waals surface area contributed by atoms with Gasteiger partial charge in [0.15, 0.2) is 11.5 Å². The minimum absolute atomic E-state index is 0.359. The van der Waals surface area contributed by atoms with Gasteiger partial charge in [-0.25, -0.2) is 0 Å². The van der Waals surface area contributed by atoms with Gasteiger partial charge in [0.2, 0.25) is 6.79 Å². The maximum atomic E-state index is 5.46. The Balaban J connectivity index is 1.83. The van der Waals surface area contributed by atoms with E-state index in [0.29, 0.717) is 6.79 Å². The first-order valence-electron chi connectivity index (χ1n) is 7.02. The average molecular weight is 244 g/mol. The molecule has 0 saturated heterocycles. The van der Waals surface area contributed by atoms with Crippen LogP contribution >= 0.6 is 0 Å². The molecular formula is C16H20O2. The number of fused-ring (bicyclic) bond motifs is 1. The van der Waals surface area contributed by atoms with Crippen molar-refractivity contribution in [2.45, 2.75) is 44.9 Å². The third-order valence-electron chi connectivity index (χ3n) is 3.78. The van der Waals surface area contributed by atoms with Crippen molar-refractivity contribution in [3.8, 4) is 11.5 Å². The van der Waals surface area contributed by atoms with Gasteiger partial charge in [0.1, 0.15) is 0 Å². The highest BCUT2D eigenvalue weighted by atomic mass is 16.7. The molecule has 0 N–H and O–H groups in total. The Morgan fingerprint density at radius 2 is 1.67 bits per heavy atom. The van der Waals surface area contributed by atoms with Crippen LogP contribution < -0.4 is 9.47 Å². The van der Waals surface area contributed by atoms with Gasteiger partial charge in [-0.2, -0.15) is 0 Å². The van der Waals surface area contributed by atoms with Crippen LogP contribution in [0.25, 0.3) is 5.57 Å². The first-order valence-corrected chi connectivity index (χ1v) is 7.02. The summed E-state index contributed by atoms with van der Waals surface area (Å²) in [7, 11) is 0. The van der Waals surface area contributed by atoms with E-state index >= 15 is 0 Å². The lowest BCUT2D eigenvalue weighted by Crippen LogP contribution is -1.93. The van der Waals surface area contributed by atoms with E-state index in [1.807, 2.05) is 6.07 Å². The summed E-state index contributed by atoms with van der Waals surface area (Å²) in [4.78, 5) is 0. The maximum Gasteiger partial charge on any atom is 0.231 e. The summed E-state index contributed by atoms with van der Waals surface area (Å²) in [6, 6.07) is 6.33. The number of hydrogen-bond donors (Lipinski definition) is 0. The standard InChI is InChI=1S/C16H20O2/c1-2-4-6-8-13(7-5-3-1)14-9-10-15-16(11-14)18-12-17-15/h7,9-11H,1-6,8,12H2/b13-7+. The molecule has 0 radical (unpaired) electrons. The predicted octanol–water partition coefficient (Wildman–Crippen LogP) is 4.54. The van der Waals surface area contributed by atoms with Crippen molar-refractivity contribution in [2.75, 3.05) is 6.79 Å². The van der Waals surface area contributed by atoms with E-state index in [9.17, 15) is 0 Å². The lowest BCUT2D eigenvalue weighted by molar-refractivity contribution is 0.174. The summed E-state index contributed by atoms with van der Waals surface area (Å²) in [5, 5.41) is 0. The second kappa shape index (κ2) is 5.47. The van der Waals surface area contributed by atoms with Crippen LogP contribution in [0.3, 0.4) is 0 Å². The Morgan fingerprint density at radius 3 is 2.67 bits per heavy atom. The quantitative estimate of drug-likeness (QED) is 0.722. The van der Waals surface area contributed by atoms with Crippen molar-refractivity contribution in [1.82, 2.24) is 0 Å². The molecular weight excluding hydrogens is 224 g/mol. The van der Waals surface area contributed by atoms with E-state index in [0.717, 1.165) is 11.5 Å². The van der Waals surface area contributed by atoms with Crippen LogP contribution in [0.5, 0.6) is 11.5 Å². The summed E-state index contributed by atoms with van der Waals surface area (Å²) < 4.78 is 10.8. The van der Waals surface area contributed by atoms with Gasteiger partial charge >= 0.3 is 0 Å². The lowest BCUT2D eigenvalue weighted by Gasteiger charge is -2.08. The fraction of sp³-hybridized carbons (Fsp3) is 0.500. The highest BCUT2D eigenvalue weighted by molar-refractivity contribution is 5.68. The molecule has 0 bridgehead atoms. The van der Waals surface area contributed by atoms with Gasteiger partial charge in [0.25, 0.3) is 0 Å². The van der Waals surface area contributed by atoms with Gasteiger partial charge in [0, 0.05) is 0 Å². The molecule has 3 rings (SSSR count). The van der Waals surface area contributed by atoms with Crippen LogP contribution in [0.1, 0.15) is 50.5 Å². The van der Waals surface area contributed by atoms with Crippen molar-refractivity contribution in [3.63, 3.8) is 0 Å². The zero-order chi connectivity index (χ0) is 12.2. The van der Waals surface area contributed by atoms with Gasteiger partial charge in [-0.1, -0.05) is 31.4 Å². The van der Waals surface area contributed by atoms with Crippen LogP contribution in [0.4, 0.5) is 0 Å². The molecule has 0 unspecified atom stereocenters. The number of ether oxygens (including phenoxy) is 2. The van der Waals surface area contributed by atoms with Crippen molar-refractivity contribution < 1.29 is 9.47 Å². The number of hydrogen-bond acceptors (Lipinski definition) is 2. The number of benzene rings is 1. The maximum absolute atomic E-state index is 5.46. The molecule has 0 saturated carbocycles. The molecule has 1 aromatic carbocycles. The van der Waals surface area contributed by atoms with Crippen molar-refractivity contribution in [3.05, 3.63) is 29.8 Å². The fourth-order valence-corrected chi connectivity index (χ4v) is 2.73. The second-order valence-corrected chi connectivity index (χ2v) is 5.10. The normalized spacial score (nSPS) is 22.6. The smallest absolute Gasteiger partial charge is 0.231 e. The summed E-state index contributed by atoms with van der Waals surface area (Å²) in [5.74, 6) is 1.77. The highest BCUT2D eigenvalue weighted by Crippen LogP contribution is 2.36. The zero-order valence-electron chi connectivity index (χ0n) is 10.8. The molecule has 1 aliphatic heterocycles. The van der Waals surface area contributed by atoms with E-state index in [4.69, 9.17) is 9.47 Å². The Bertz CT molecular complexity index is 448. The van der Waals surface area contributed by atoms with Crippen LogP contribution in [0, 0.1) is 0 Å². The van der Waals surface area contributed by atoms with Gasteiger partial charge in [-0.05, 0) is 49.0 Å².